The van der Waals surface area contributed by atoms with Crippen LogP contribution in [0.4, 0.5) is 10.5 Å². The van der Waals surface area contributed by atoms with E-state index < -0.39 is 20.5 Å². The molecule has 1 aromatic carbocycles. The van der Waals surface area contributed by atoms with Crippen LogP contribution in [0.3, 0.4) is 0 Å². The molecule has 0 aliphatic carbocycles. The van der Waals surface area contributed by atoms with Gasteiger partial charge in [-0.25, -0.2) is 13.2 Å². The monoisotopic (exact) mass is 537 g/mol. The van der Waals surface area contributed by atoms with E-state index in [1.54, 1.807) is 24.8 Å². The lowest BCUT2D eigenvalue weighted by molar-refractivity contribution is -0.385. The standard InChI is InChI=1S/C23H31N5O8S/c1-3-35-22(30)26-10-6-17(7-11-26)24-21(29)19-15-23(36-25-19)8-12-27(13-9-23)37(33,34)20-14-18(28(31)32)5-4-16(20)2/h4-5,14-15,17,25H,3,6-13H2,1-2H3,(H,24,29). The van der Waals surface area contributed by atoms with Crippen molar-refractivity contribution in [1.82, 2.24) is 20.0 Å². The number of sulfonamides is 1. The number of carbonyl (C=O) groups is 2. The fourth-order valence-corrected chi connectivity index (χ4v) is 6.43. The summed E-state index contributed by atoms with van der Waals surface area (Å²) in [6.45, 7) is 4.91. The Balaban J connectivity index is 1.34. The summed E-state index contributed by atoms with van der Waals surface area (Å²) in [5.41, 5.74) is 2.26. The number of piperidine rings is 2. The van der Waals surface area contributed by atoms with Gasteiger partial charge in [0.1, 0.15) is 11.3 Å². The molecule has 0 unspecified atom stereocenters. The SMILES string of the molecule is CCOC(=O)N1CCC(NC(=O)C2=CC3(CCN(S(=O)(=O)c4cc([N+](=O)[O-])ccc4C)CC3)ON2)CC1. The molecular formula is C23H31N5O8S. The Morgan fingerprint density at radius 1 is 1.24 bits per heavy atom. The van der Waals surface area contributed by atoms with Crippen LogP contribution in [0.1, 0.15) is 38.2 Å². The Morgan fingerprint density at radius 3 is 2.54 bits per heavy atom. The third-order valence-electron chi connectivity index (χ3n) is 6.94. The van der Waals surface area contributed by atoms with Gasteiger partial charge >= 0.3 is 6.09 Å². The highest BCUT2D eigenvalue weighted by Crippen LogP contribution is 2.35. The Morgan fingerprint density at radius 2 is 1.92 bits per heavy atom. The lowest BCUT2D eigenvalue weighted by Gasteiger charge is -2.36. The van der Waals surface area contributed by atoms with Gasteiger partial charge in [-0.1, -0.05) is 6.07 Å². The Kier molecular flexibility index (Phi) is 7.71. The number of nitrogens with one attached hydrogen (secondary N) is 2. The number of aryl methyl sites for hydroxylation is 1. The number of hydrogen-bond acceptors (Lipinski definition) is 9. The van der Waals surface area contributed by atoms with E-state index in [0.29, 0.717) is 50.9 Å². The van der Waals surface area contributed by atoms with Crippen LogP contribution in [0.25, 0.3) is 0 Å². The highest BCUT2D eigenvalue weighted by atomic mass is 32.2. The molecule has 3 heterocycles. The molecule has 14 heteroatoms. The van der Waals surface area contributed by atoms with E-state index in [2.05, 4.69) is 10.8 Å². The van der Waals surface area contributed by atoms with Crippen molar-refractivity contribution in [3.63, 3.8) is 0 Å². The minimum atomic E-state index is -3.94. The number of rotatable bonds is 6. The number of nitro groups is 1. The number of hydroxylamine groups is 1. The van der Waals surface area contributed by atoms with Crippen LogP contribution < -0.4 is 10.8 Å². The quantitative estimate of drug-likeness (QED) is 0.405. The van der Waals surface area contributed by atoms with E-state index in [1.165, 1.54) is 16.4 Å². The van der Waals surface area contributed by atoms with Crippen molar-refractivity contribution in [2.45, 2.75) is 56.1 Å². The largest absolute Gasteiger partial charge is 0.450 e. The Hall–Kier alpha value is -3.23. The lowest BCUT2D eigenvalue weighted by atomic mass is 9.92. The second-order valence-electron chi connectivity index (χ2n) is 9.37. The van der Waals surface area contributed by atoms with Crippen molar-refractivity contribution in [2.24, 2.45) is 0 Å². The maximum Gasteiger partial charge on any atom is 0.409 e. The number of nitrogens with zero attached hydrogens (tertiary/aromatic N) is 3. The molecular weight excluding hydrogens is 506 g/mol. The maximum atomic E-state index is 13.2. The van der Waals surface area contributed by atoms with Crippen LogP contribution >= 0.6 is 0 Å². The van der Waals surface area contributed by atoms with Gasteiger partial charge in [0.15, 0.2) is 0 Å². The summed E-state index contributed by atoms with van der Waals surface area (Å²) in [4.78, 5) is 42.4. The van der Waals surface area contributed by atoms with E-state index in [0.717, 1.165) is 6.07 Å². The van der Waals surface area contributed by atoms with Crippen LogP contribution in [0, 0.1) is 17.0 Å². The van der Waals surface area contributed by atoms with Gasteiger partial charge in [0, 0.05) is 44.4 Å². The van der Waals surface area contributed by atoms with E-state index in [-0.39, 0.29) is 47.4 Å². The molecule has 3 aliphatic rings. The summed E-state index contributed by atoms with van der Waals surface area (Å²) < 4.78 is 32.7. The fraction of sp³-hybridized carbons (Fsp3) is 0.565. The Bertz CT molecular complexity index is 1200. The van der Waals surface area contributed by atoms with Crippen LogP contribution in [0.2, 0.25) is 0 Å². The van der Waals surface area contributed by atoms with Gasteiger partial charge < -0.3 is 15.0 Å². The number of carbonyl (C=O) groups excluding carboxylic acids is 2. The van der Waals surface area contributed by atoms with Crippen LogP contribution in [0.15, 0.2) is 34.9 Å². The number of ether oxygens (including phenoxy) is 1. The molecule has 2 saturated heterocycles. The smallest absolute Gasteiger partial charge is 0.409 e. The first-order chi connectivity index (χ1) is 17.5. The predicted molar refractivity (Wildman–Crippen MR) is 131 cm³/mol. The van der Waals surface area contributed by atoms with E-state index in [9.17, 15) is 28.1 Å². The summed E-state index contributed by atoms with van der Waals surface area (Å²) in [5.74, 6) is -0.325. The third-order valence-corrected chi connectivity index (χ3v) is 8.98. The molecule has 4 rings (SSSR count). The van der Waals surface area contributed by atoms with E-state index in [1.807, 2.05) is 0 Å². The predicted octanol–water partition coefficient (Wildman–Crippen LogP) is 1.58. The average Bonchev–Trinajstić information content (AvgIpc) is 3.28. The normalized spacial score (nSPS) is 20.3. The van der Waals surface area contributed by atoms with Crippen molar-refractivity contribution in [3.05, 3.63) is 45.6 Å². The highest BCUT2D eigenvalue weighted by molar-refractivity contribution is 7.89. The first kappa shape index (κ1) is 26.8. The van der Waals surface area contributed by atoms with Gasteiger partial charge in [0.2, 0.25) is 10.0 Å². The van der Waals surface area contributed by atoms with Gasteiger partial charge in [-0.2, -0.15) is 4.31 Å². The zero-order chi connectivity index (χ0) is 26.8. The topological polar surface area (TPSA) is 160 Å². The molecule has 0 bridgehead atoms. The minimum absolute atomic E-state index is 0.0901. The number of non-ortho nitro benzene ring substituents is 1. The maximum absolute atomic E-state index is 13.2. The van der Waals surface area contributed by atoms with Crippen molar-refractivity contribution in [2.75, 3.05) is 32.8 Å². The molecule has 13 nitrogen and oxygen atoms in total. The molecule has 37 heavy (non-hydrogen) atoms. The van der Waals surface area contributed by atoms with Gasteiger partial charge in [-0.05, 0) is 51.2 Å². The molecule has 1 spiro atoms. The second kappa shape index (κ2) is 10.6. The summed E-state index contributed by atoms with van der Waals surface area (Å²) in [7, 11) is -3.94. The molecule has 3 aliphatic heterocycles. The zero-order valence-corrected chi connectivity index (χ0v) is 21.6. The number of likely N-dealkylation sites (tertiary alicyclic amines) is 1. The fourth-order valence-electron chi connectivity index (χ4n) is 4.75. The summed E-state index contributed by atoms with van der Waals surface area (Å²) in [6.07, 6.45) is 3.17. The molecule has 2 N–H and O–H groups in total. The second-order valence-corrected chi connectivity index (χ2v) is 11.3. The number of hydrogen-bond donors (Lipinski definition) is 2. The van der Waals surface area contributed by atoms with Crippen molar-refractivity contribution in [1.29, 1.82) is 0 Å². The van der Waals surface area contributed by atoms with Crippen molar-refractivity contribution in [3.8, 4) is 0 Å². The molecule has 2 amide bonds. The number of amides is 2. The van der Waals surface area contributed by atoms with Gasteiger partial charge in [0.25, 0.3) is 11.6 Å². The van der Waals surface area contributed by atoms with Crippen molar-refractivity contribution >= 4 is 27.7 Å². The number of benzene rings is 1. The van der Waals surface area contributed by atoms with Crippen molar-refractivity contribution < 1.29 is 32.5 Å². The molecule has 202 valence electrons. The Labute approximate surface area is 214 Å². The lowest BCUT2D eigenvalue weighted by Crippen LogP contribution is -2.47. The summed E-state index contributed by atoms with van der Waals surface area (Å²) in [6, 6.07) is 3.69. The van der Waals surface area contributed by atoms with Gasteiger partial charge in [0.05, 0.1) is 16.4 Å². The molecule has 0 atom stereocenters. The summed E-state index contributed by atoms with van der Waals surface area (Å²) in [5, 5.41) is 14.1. The minimum Gasteiger partial charge on any atom is -0.450 e. The van der Waals surface area contributed by atoms with Crippen LogP contribution in [-0.4, -0.2) is 79.0 Å². The molecule has 2 fully saturated rings. The van der Waals surface area contributed by atoms with Crippen LogP contribution in [0.5, 0.6) is 0 Å². The highest BCUT2D eigenvalue weighted by Gasteiger charge is 2.43. The molecule has 0 radical (unpaired) electrons. The number of nitro benzene ring substituents is 1. The first-order valence-corrected chi connectivity index (χ1v) is 13.6. The molecule has 0 saturated carbocycles. The van der Waals surface area contributed by atoms with Crippen LogP contribution in [-0.2, 0) is 24.4 Å². The van der Waals surface area contributed by atoms with E-state index >= 15 is 0 Å². The zero-order valence-electron chi connectivity index (χ0n) is 20.8. The van der Waals surface area contributed by atoms with Gasteiger partial charge in [-0.3, -0.25) is 25.2 Å². The van der Waals surface area contributed by atoms with E-state index in [4.69, 9.17) is 9.57 Å². The first-order valence-electron chi connectivity index (χ1n) is 12.2. The average molecular weight is 538 g/mol. The third kappa shape index (κ3) is 5.70. The summed E-state index contributed by atoms with van der Waals surface area (Å²) >= 11 is 0. The molecule has 0 aromatic heterocycles. The molecule has 1 aromatic rings. The van der Waals surface area contributed by atoms with Gasteiger partial charge in [-0.15, -0.1) is 0 Å².